The van der Waals surface area contributed by atoms with E-state index in [1.165, 1.54) is 7.05 Å². The number of pyridine rings is 1. The summed E-state index contributed by atoms with van der Waals surface area (Å²) in [6, 6.07) is 3.54. The van der Waals surface area contributed by atoms with Gasteiger partial charge in [0.1, 0.15) is 18.9 Å². The molecule has 0 unspecified atom stereocenters. The van der Waals surface area contributed by atoms with E-state index in [1.807, 2.05) is 6.92 Å². The molecule has 1 aromatic carbocycles. The molecule has 1 amide bonds. The number of carbonyl (C=O) groups is 1. The summed E-state index contributed by atoms with van der Waals surface area (Å²) in [5, 5.41) is 3.93. The number of carbonyl (C=O) groups excluding carboxylic acids is 1. The van der Waals surface area contributed by atoms with Crippen LogP contribution in [0.5, 0.6) is 11.5 Å². The molecular weight excluding hydrogens is 272 g/mol. The number of amides is 1. The van der Waals surface area contributed by atoms with Crippen LogP contribution in [0.1, 0.15) is 23.0 Å². The summed E-state index contributed by atoms with van der Waals surface area (Å²) in [7, 11) is 1.53. The van der Waals surface area contributed by atoms with Gasteiger partial charge in [-0.15, -0.1) is 0 Å². The molecule has 0 spiro atoms. The van der Waals surface area contributed by atoms with Crippen molar-refractivity contribution in [1.82, 2.24) is 10.3 Å². The number of aryl methyl sites for hydroxylation is 1. The van der Waals surface area contributed by atoms with Gasteiger partial charge in [-0.05, 0) is 23.9 Å². The Morgan fingerprint density at radius 2 is 1.86 bits per heavy atom. The molecule has 110 valence electrons. The van der Waals surface area contributed by atoms with Crippen molar-refractivity contribution in [3.8, 4) is 11.5 Å². The van der Waals surface area contributed by atoms with Crippen molar-refractivity contribution in [2.75, 3.05) is 20.3 Å². The van der Waals surface area contributed by atoms with Crippen molar-refractivity contribution in [3.05, 3.63) is 33.7 Å². The molecule has 2 heterocycles. The molecule has 6 heteroatoms. The van der Waals surface area contributed by atoms with Crippen LogP contribution in [-0.4, -0.2) is 31.2 Å². The van der Waals surface area contributed by atoms with E-state index >= 15 is 0 Å². The number of aromatic amines is 1. The molecule has 2 N–H and O–H groups in total. The number of H-pyrrole nitrogens is 1. The normalized spacial score (nSPS) is 13.2. The number of hydrogen-bond donors (Lipinski definition) is 2. The van der Waals surface area contributed by atoms with Crippen molar-refractivity contribution in [1.29, 1.82) is 0 Å². The van der Waals surface area contributed by atoms with Crippen LogP contribution in [0.15, 0.2) is 16.9 Å². The fourth-order valence-electron chi connectivity index (χ4n) is 2.58. The molecule has 0 aliphatic carbocycles. The van der Waals surface area contributed by atoms with Gasteiger partial charge in [0.25, 0.3) is 11.5 Å². The maximum absolute atomic E-state index is 12.2. The Labute approximate surface area is 121 Å². The number of hydrogen-bond acceptors (Lipinski definition) is 4. The lowest BCUT2D eigenvalue weighted by Gasteiger charge is -2.20. The lowest BCUT2D eigenvalue weighted by atomic mass is 10.0. The van der Waals surface area contributed by atoms with Crippen LogP contribution in [0.2, 0.25) is 0 Å². The van der Waals surface area contributed by atoms with E-state index in [0.717, 1.165) is 5.39 Å². The fourth-order valence-corrected chi connectivity index (χ4v) is 2.58. The second-order valence-electron chi connectivity index (χ2n) is 4.78. The minimum Gasteiger partial charge on any atom is -0.486 e. The Kier molecular flexibility index (Phi) is 3.29. The van der Waals surface area contributed by atoms with E-state index in [1.54, 1.807) is 12.1 Å². The molecule has 21 heavy (non-hydrogen) atoms. The maximum atomic E-state index is 12.2. The third kappa shape index (κ3) is 2.12. The molecule has 2 aromatic rings. The van der Waals surface area contributed by atoms with Gasteiger partial charge in [-0.2, -0.15) is 0 Å². The number of rotatable bonds is 2. The van der Waals surface area contributed by atoms with Crippen LogP contribution in [0.3, 0.4) is 0 Å². The zero-order valence-electron chi connectivity index (χ0n) is 11.9. The Morgan fingerprint density at radius 1 is 1.24 bits per heavy atom. The van der Waals surface area contributed by atoms with E-state index in [4.69, 9.17) is 9.47 Å². The lowest BCUT2D eigenvalue weighted by molar-refractivity contribution is 0.0959. The fraction of sp³-hybridized carbons (Fsp3) is 0.333. The third-order valence-corrected chi connectivity index (χ3v) is 3.60. The summed E-state index contributed by atoms with van der Waals surface area (Å²) in [5.74, 6) is 0.862. The quantitative estimate of drug-likeness (QED) is 0.870. The monoisotopic (exact) mass is 288 g/mol. The zero-order valence-corrected chi connectivity index (χ0v) is 11.9. The highest BCUT2D eigenvalue weighted by Gasteiger charge is 2.20. The van der Waals surface area contributed by atoms with E-state index < -0.39 is 0 Å². The standard InChI is InChI=1S/C15H16N2O4/c1-3-8-9-6-11-12(21-5-4-20-11)7-10(9)13(15(19)16-2)17-14(8)18/h6-7H,3-5H2,1-2H3,(H,16,19)(H,17,18). The summed E-state index contributed by atoms with van der Waals surface area (Å²) >= 11 is 0. The summed E-state index contributed by atoms with van der Waals surface area (Å²) < 4.78 is 11.1. The molecule has 0 saturated heterocycles. The molecule has 0 atom stereocenters. The molecular formula is C15H16N2O4. The number of benzene rings is 1. The van der Waals surface area contributed by atoms with Gasteiger partial charge in [0.2, 0.25) is 0 Å². The number of nitrogens with one attached hydrogen (secondary N) is 2. The van der Waals surface area contributed by atoms with Crippen LogP contribution >= 0.6 is 0 Å². The summed E-state index contributed by atoms with van der Waals surface area (Å²) in [5.41, 5.74) is 0.626. The van der Waals surface area contributed by atoms with E-state index in [-0.39, 0.29) is 17.2 Å². The van der Waals surface area contributed by atoms with Crippen molar-refractivity contribution in [2.24, 2.45) is 0 Å². The van der Waals surface area contributed by atoms with E-state index in [0.29, 0.717) is 42.1 Å². The molecule has 6 nitrogen and oxygen atoms in total. The zero-order chi connectivity index (χ0) is 15.0. The Balaban J connectivity index is 2.38. The van der Waals surface area contributed by atoms with Gasteiger partial charge in [-0.25, -0.2) is 0 Å². The molecule has 0 radical (unpaired) electrons. The first-order chi connectivity index (χ1) is 10.2. The number of ether oxygens (including phenoxy) is 2. The average Bonchev–Trinajstić information content (AvgIpc) is 2.51. The summed E-state index contributed by atoms with van der Waals surface area (Å²) in [6.07, 6.45) is 0.569. The van der Waals surface area contributed by atoms with Gasteiger partial charge in [-0.1, -0.05) is 6.92 Å². The number of fused-ring (bicyclic) bond motifs is 2. The van der Waals surface area contributed by atoms with Crippen molar-refractivity contribution < 1.29 is 14.3 Å². The van der Waals surface area contributed by atoms with Crippen LogP contribution in [0.4, 0.5) is 0 Å². The lowest BCUT2D eigenvalue weighted by Crippen LogP contribution is -2.25. The predicted octanol–water partition coefficient (Wildman–Crippen LogP) is 1.22. The third-order valence-electron chi connectivity index (χ3n) is 3.60. The molecule has 1 aromatic heterocycles. The first kappa shape index (κ1) is 13.5. The average molecular weight is 288 g/mol. The Hall–Kier alpha value is -2.50. The second-order valence-corrected chi connectivity index (χ2v) is 4.78. The largest absolute Gasteiger partial charge is 0.486 e. The minimum atomic E-state index is -0.337. The van der Waals surface area contributed by atoms with E-state index in [2.05, 4.69) is 10.3 Å². The van der Waals surface area contributed by atoms with Crippen LogP contribution in [0.25, 0.3) is 10.8 Å². The van der Waals surface area contributed by atoms with Crippen molar-refractivity contribution in [2.45, 2.75) is 13.3 Å². The minimum absolute atomic E-state index is 0.242. The van der Waals surface area contributed by atoms with Crippen LogP contribution in [0, 0.1) is 0 Å². The molecule has 3 rings (SSSR count). The highest BCUT2D eigenvalue weighted by Crippen LogP contribution is 2.36. The Morgan fingerprint density at radius 3 is 2.43 bits per heavy atom. The highest BCUT2D eigenvalue weighted by molar-refractivity contribution is 6.06. The molecule has 1 aliphatic heterocycles. The SMILES string of the molecule is CCc1c(=O)[nH]c(C(=O)NC)c2cc3c(cc12)OCCO3. The smallest absolute Gasteiger partial charge is 0.268 e. The van der Waals surface area contributed by atoms with Crippen LogP contribution < -0.4 is 20.3 Å². The maximum Gasteiger partial charge on any atom is 0.268 e. The molecule has 0 saturated carbocycles. The number of aromatic nitrogens is 1. The van der Waals surface area contributed by atoms with Gasteiger partial charge in [0.15, 0.2) is 11.5 Å². The predicted molar refractivity (Wildman–Crippen MR) is 78.3 cm³/mol. The molecule has 0 fully saturated rings. The van der Waals surface area contributed by atoms with Crippen molar-refractivity contribution >= 4 is 16.7 Å². The Bertz CT molecular complexity index is 779. The molecule has 1 aliphatic rings. The first-order valence-corrected chi connectivity index (χ1v) is 6.86. The topological polar surface area (TPSA) is 80.4 Å². The summed E-state index contributed by atoms with van der Waals surface area (Å²) in [4.78, 5) is 26.8. The van der Waals surface area contributed by atoms with Gasteiger partial charge in [0, 0.05) is 18.0 Å². The van der Waals surface area contributed by atoms with E-state index in [9.17, 15) is 9.59 Å². The van der Waals surface area contributed by atoms with Crippen LogP contribution in [-0.2, 0) is 6.42 Å². The molecule has 0 bridgehead atoms. The van der Waals surface area contributed by atoms with Gasteiger partial charge in [-0.3, -0.25) is 9.59 Å². The summed E-state index contributed by atoms with van der Waals surface area (Å²) in [6.45, 7) is 2.85. The first-order valence-electron chi connectivity index (χ1n) is 6.86. The second kappa shape index (κ2) is 5.12. The van der Waals surface area contributed by atoms with Crippen molar-refractivity contribution in [3.63, 3.8) is 0 Å². The van der Waals surface area contributed by atoms with Gasteiger partial charge in [0.05, 0.1) is 0 Å². The van der Waals surface area contributed by atoms with Gasteiger partial charge < -0.3 is 19.8 Å². The van der Waals surface area contributed by atoms with Gasteiger partial charge >= 0.3 is 0 Å². The highest BCUT2D eigenvalue weighted by atomic mass is 16.6.